The lowest BCUT2D eigenvalue weighted by atomic mass is 10.2. The molecule has 0 fully saturated rings. The molecule has 0 aliphatic heterocycles. The molecule has 20 heavy (non-hydrogen) atoms. The van der Waals surface area contributed by atoms with Gasteiger partial charge in [0, 0.05) is 5.69 Å². The Morgan fingerprint density at radius 2 is 2.10 bits per heavy atom. The van der Waals surface area contributed by atoms with Crippen LogP contribution in [-0.2, 0) is 4.79 Å². The average molecular weight is 308 g/mol. The van der Waals surface area contributed by atoms with Crippen molar-refractivity contribution in [2.75, 3.05) is 11.1 Å². The van der Waals surface area contributed by atoms with Crippen molar-refractivity contribution in [1.82, 2.24) is 10.2 Å². The Labute approximate surface area is 126 Å². The van der Waals surface area contributed by atoms with Gasteiger partial charge in [0.25, 0.3) is 0 Å². The second kappa shape index (κ2) is 6.71. The van der Waals surface area contributed by atoms with Crippen LogP contribution < -0.4 is 11.1 Å². The monoisotopic (exact) mass is 308 g/mol. The van der Waals surface area contributed by atoms with E-state index in [1.54, 1.807) is 0 Å². The van der Waals surface area contributed by atoms with Gasteiger partial charge < -0.3 is 11.1 Å². The van der Waals surface area contributed by atoms with Crippen LogP contribution in [0.5, 0.6) is 0 Å². The number of nitrogen functional groups attached to an aromatic ring is 1. The van der Waals surface area contributed by atoms with Gasteiger partial charge in [-0.15, -0.1) is 10.2 Å². The normalized spacial score (nSPS) is 12.1. The number of nitrogens with zero attached hydrogens (tertiary/aromatic N) is 2. The summed E-state index contributed by atoms with van der Waals surface area (Å²) in [6.45, 7) is 3.98. The van der Waals surface area contributed by atoms with Gasteiger partial charge in [-0.25, -0.2) is 0 Å². The Morgan fingerprint density at radius 1 is 1.40 bits per heavy atom. The molecule has 3 N–H and O–H groups in total. The average Bonchev–Trinajstić information content (AvgIpc) is 2.84. The first-order chi connectivity index (χ1) is 9.58. The summed E-state index contributed by atoms with van der Waals surface area (Å²) in [6, 6.07) is 7.73. The number of amides is 1. The number of thioether (sulfide) groups is 1. The molecule has 1 unspecified atom stereocenters. The van der Waals surface area contributed by atoms with Gasteiger partial charge >= 0.3 is 0 Å². The predicted molar refractivity (Wildman–Crippen MR) is 84.1 cm³/mol. The minimum Gasteiger partial charge on any atom is -0.374 e. The molecule has 1 aromatic carbocycles. The highest BCUT2D eigenvalue weighted by atomic mass is 32.2. The van der Waals surface area contributed by atoms with Crippen molar-refractivity contribution < 1.29 is 4.79 Å². The third kappa shape index (κ3) is 3.94. The van der Waals surface area contributed by atoms with Gasteiger partial charge in [0.15, 0.2) is 4.34 Å². The summed E-state index contributed by atoms with van der Waals surface area (Å²) in [5.41, 5.74) is 7.50. The number of aryl methyl sites for hydroxylation is 1. The lowest BCUT2D eigenvalue weighted by Crippen LogP contribution is -2.24. The van der Waals surface area contributed by atoms with Gasteiger partial charge in [0.05, 0.1) is 5.25 Å². The van der Waals surface area contributed by atoms with Gasteiger partial charge in [-0.1, -0.05) is 47.7 Å². The van der Waals surface area contributed by atoms with Crippen LogP contribution >= 0.6 is 23.1 Å². The second-order valence-corrected chi connectivity index (χ2v) is 6.74. The summed E-state index contributed by atoms with van der Waals surface area (Å²) in [6.07, 6.45) is 0.710. The van der Waals surface area contributed by atoms with Gasteiger partial charge in [0.2, 0.25) is 11.0 Å². The lowest BCUT2D eigenvalue weighted by Gasteiger charge is -2.13. The minimum absolute atomic E-state index is 0.0323. The molecule has 1 atom stereocenters. The first-order valence-electron chi connectivity index (χ1n) is 6.21. The van der Waals surface area contributed by atoms with Crippen LogP contribution in [0, 0.1) is 6.92 Å². The molecule has 2 rings (SSSR count). The Bertz CT molecular complexity index is 582. The summed E-state index contributed by atoms with van der Waals surface area (Å²) in [5, 5.41) is 10.8. The number of hydrogen-bond donors (Lipinski definition) is 2. The van der Waals surface area contributed by atoms with Crippen LogP contribution in [-0.4, -0.2) is 21.4 Å². The van der Waals surface area contributed by atoms with E-state index in [2.05, 4.69) is 15.5 Å². The zero-order valence-corrected chi connectivity index (χ0v) is 12.9. The van der Waals surface area contributed by atoms with E-state index in [0.29, 0.717) is 15.9 Å². The number of hydrogen-bond acceptors (Lipinski definition) is 6. The molecule has 0 bridgehead atoms. The van der Waals surface area contributed by atoms with Crippen molar-refractivity contribution in [1.29, 1.82) is 0 Å². The van der Waals surface area contributed by atoms with Crippen LogP contribution in [0.15, 0.2) is 28.6 Å². The molecule has 7 heteroatoms. The van der Waals surface area contributed by atoms with Crippen LogP contribution in [0.1, 0.15) is 18.9 Å². The fourth-order valence-corrected chi connectivity index (χ4v) is 3.37. The summed E-state index contributed by atoms with van der Waals surface area (Å²) < 4.78 is 0.716. The summed E-state index contributed by atoms with van der Waals surface area (Å²) in [4.78, 5) is 12.2. The smallest absolute Gasteiger partial charge is 0.237 e. The molecule has 0 saturated carbocycles. The number of nitrogens with two attached hydrogens (primary N) is 1. The van der Waals surface area contributed by atoms with Crippen molar-refractivity contribution >= 4 is 39.8 Å². The maximum Gasteiger partial charge on any atom is 0.237 e. The molecule has 0 spiro atoms. The summed E-state index contributed by atoms with van der Waals surface area (Å²) >= 11 is 2.69. The Hall–Kier alpha value is -1.60. The zero-order chi connectivity index (χ0) is 14.5. The van der Waals surface area contributed by atoms with Crippen LogP contribution in [0.2, 0.25) is 0 Å². The first-order valence-corrected chi connectivity index (χ1v) is 7.91. The largest absolute Gasteiger partial charge is 0.374 e. The highest BCUT2D eigenvalue weighted by Gasteiger charge is 2.20. The van der Waals surface area contributed by atoms with Gasteiger partial charge in [-0.05, 0) is 25.5 Å². The van der Waals surface area contributed by atoms with E-state index in [1.807, 2.05) is 38.1 Å². The topological polar surface area (TPSA) is 80.9 Å². The molecular weight excluding hydrogens is 292 g/mol. The van der Waals surface area contributed by atoms with Crippen molar-refractivity contribution in [3.05, 3.63) is 29.8 Å². The van der Waals surface area contributed by atoms with E-state index in [9.17, 15) is 4.79 Å². The van der Waals surface area contributed by atoms with Gasteiger partial charge in [-0.3, -0.25) is 4.79 Å². The number of rotatable bonds is 5. The third-order valence-corrected chi connectivity index (χ3v) is 4.85. The predicted octanol–water partition coefficient (Wildman–Crippen LogP) is 2.94. The highest BCUT2D eigenvalue weighted by Crippen LogP contribution is 2.29. The van der Waals surface area contributed by atoms with Crippen LogP contribution in [0.25, 0.3) is 0 Å². The number of aromatic nitrogens is 2. The molecule has 0 aliphatic carbocycles. The molecule has 0 saturated heterocycles. The molecule has 106 valence electrons. The molecule has 5 nitrogen and oxygen atoms in total. The minimum atomic E-state index is -0.205. The summed E-state index contributed by atoms with van der Waals surface area (Å²) in [5.74, 6) is -0.0323. The fourth-order valence-electron chi connectivity index (χ4n) is 1.57. The molecule has 0 aliphatic rings. The molecule has 2 aromatic rings. The molecule has 1 heterocycles. The molecule has 1 aromatic heterocycles. The Balaban J connectivity index is 2.00. The highest BCUT2D eigenvalue weighted by molar-refractivity contribution is 8.02. The van der Waals surface area contributed by atoms with Gasteiger partial charge in [-0.2, -0.15) is 0 Å². The second-order valence-electron chi connectivity index (χ2n) is 4.28. The van der Waals surface area contributed by atoms with E-state index in [-0.39, 0.29) is 11.2 Å². The van der Waals surface area contributed by atoms with E-state index in [4.69, 9.17) is 5.73 Å². The van der Waals surface area contributed by atoms with E-state index >= 15 is 0 Å². The SMILES string of the molecule is CCC(Sc1nnc(N)s1)C(=O)Nc1ccc(C)cc1. The number of anilines is 2. The Morgan fingerprint density at radius 3 is 2.65 bits per heavy atom. The van der Waals surface area contributed by atoms with E-state index in [0.717, 1.165) is 11.3 Å². The van der Waals surface area contributed by atoms with E-state index in [1.165, 1.54) is 23.1 Å². The lowest BCUT2D eigenvalue weighted by molar-refractivity contribution is -0.115. The van der Waals surface area contributed by atoms with Crippen molar-refractivity contribution in [2.24, 2.45) is 0 Å². The number of benzene rings is 1. The maximum absolute atomic E-state index is 12.2. The van der Waals surface area contributed by atoms with Crippen LogP contribution in [0.4, 0.5) is 10.8 Å². The number of carbonyl (C=O) groups excluding carboxylic acids is 1. The zero-order valence-electron chi connectivity index (χ0n) is 11.3. The molecular formula is C13H16N4OS2. The standard InChI is InChI=1S/C13H16N4OS2/c1-3-10(19-13-17-16-12(14)20-13)11(18)15-9-6-4-8(2)5-7-9/h4-7,10H,3H2,1-2H3,(H2,14,16)(H,15,18). The summed E-state index contributed by atoms with van der Waals surface area (Å²) in [7, 11) is 0. The molecule has 1 amide bonds. The van der Waals surface area contributed by atoms with Crippen molar-refractivity contribution in [3.8, 4) is 0 Å². The molecule has 0 radical (unpaired) electrons. The number of nitrogens with one attached hydrogen (secondary N) is 1. The van der Waals surface area contributed by atoms with Crippen LogP contribution in [0.3, 0.4) is 0 Å². The first kappa shape index (κ1) is 14.8. The van der Waals surface area contributed by atoms with Gasteiger partial charge in [0.1, 0.15) is 0 Å². The third-order valence-electron chi connectivity index (χ3n) is 2.65. The van der Waals surface area contributed by atoms with Crippen molar-refractivity contribution in [3.63, 3.8) is 0 Å². The van der Waals surface area contributed by atoms with E-state index < -0.39 is 0 Å². The Kier molecular flexibility index (Phi) is 4.97. The number of carbonyl (C=O) groups is 1. The maximum atomic E-state index is 12.2. The quantitative estimate of drug-likeness (QED) is 0.830. The van der Waals surface area contributed by atoms with Crippen molar-refractivity contribution in [2.45, 2.75) is 29.9 Å². The fraction of sp³-hybridized carbons (Fsp3) is 0.308.